The lowest BCUT2D eigenvalue weighted by Crippen LogP contribution is -2.36. The number of rotatable bonds is 7. The third-order valence-corrected chi connectivity index (χ3v) is 4.16. The summed E-state index contributed by atoms with van der Waals surface area (Å²) in [5.74, 6) is 1.04. The topological polar surface area (TPSA) is 58.6 Å². The zero-order valence-electron chi connectivity index (χ0n) is 15.1. The largest absolute Gasteiger partial charge is 0.491 e. The Bertz CT molecular complexity index is 598. The Kier molecular flexibility index (Phi) is 6.23. The van der Waals surface area contributed by atoms with Crippen molar-refractivity contribution >= 4 is 11.8 Å². The summed E-state index contributed by atoms with van der Waals surface area (Å²) < 4.78 is 5.71. The monoisotopic (exact) mass is 332 g/mol. The Labute approximate surface area is 144 Å². The van der Waals surface area contributed by atoms with Crippen LogP contribution in [0.25, 0.3) is 0 Å². The number of ether oxygens (including phenoxy) is 1. The molecule has 0 aromatic heterocycles. The van der Waals surface area contributed by atoms with Crippen LogP contribution in [0.1, 0.15) is 31.4 Å². The average molecular weight is 332 g/mol. The van der Waals surface area contributed by atoms with Crippen molar-refractivity contribution in [3.8, 4) is 5.75 Å². The van der Waals surface area contributed by atoms with Gasteiger partial charge in [0, 0.05) is 19.5 Å². The molecule has 1 atom stereocenters. The summed E-state index contributed by atoms with van der Waals surface area (Å²) in [6.45, 7) is 10.3. The molecule has 5 nitrogen and oxygen atoms in total. The smallest absolute Gasteiger partial charge is 0.225 e. The predicted molar refractivity (Wildman–Crippen MR) is 93.9 cm³/mol. The SMILES string of the molecule is Cc1ccc(OCCNC(=O)[C@@H]2CC(=O)N(CC(C)C)C2)c(C)c1. The summed E-state index contributed by atoms with van der Waals surface area (Å²) in [5.41, 5.74) is 2.29. The standard InChI is InChI=1S/C19H28N2O3/c1-13(2)11-21-12-16(10-18(21)22)19(23)20-7-8-24-17-6-5-14(3)9-15(17)4/h5-6,9,13,16H,7-8,10-12H2,1-4H3,(H,20,23)/t16-/m1/s1. The molecule has 2 amide bonds. The highest BCUT2D eigenvalue weighted by molar-refractivity contribution is 5.89. The Morgan fingerprint density at radius 1 is 1.38 bits per heavy atom. The molecule has 1 N–H and O–H groups in total. The van der Waals surface area contributed by atoms with Crippen LogP contribution in [0.15, 0.2) is 18.2 Å². The number of hydrogen-bond acceptors (Lipinski definition) is 3. The summed E-state index contributed by atoms with van der Waals surface area (Å²) in [6.07, 6.45) is 0.316. The molecule has 0 unspecified atom stereocenters. The van der Waals surface area contributed by atoms with Crippen molar-refractivity contribution in [2.45, 2.75) is 34.1 Å². The second kappa shape index (κ2) is 8.18. The summed E-state index contributed by atoms with van der Waals surface area (Å²) in [6, 6.07) is 6.03. The summed E-state index contributed by atoms with van der Waals surface area (Å²) in [7, 11) is 0. The molecule has 1 aliphatic rings. The van der Waals surface area contributed by atoms with Gasteiger partial charge in [-0.2, -0.15) is 0 Å². The third-order valence-electron chi connectivity index (χ3n) is 4.16. The van der Waals surface area contributed by atoms with Crippen LogP contribution in [0.4, 0.5) is 0 Å². The fourth-order valence-corrected chi connectivity index (χ4v) is 3.01. The molecular weight excluding hydrogens is 304 g/mol. The van der Waals surface area contributed by atoms with E-state index in [1.165, 1.54) is 5.56 Å². The number of carbonyl (C=O) groups excluding carboxylic acids is 2. The molecule has 24 heavy (non-hydrogen) atoms. The van der Waals surface area contributed by atoms with Crippen LogP contribution in [0.2, 0.25) is 0 Å². The van der Waals surface area contributed by atoms with Crippen LogP contribution in [0.5, 0.6) is 5.75 Å². The van der Waals surface area contributed by atoms with Crippen LogP contribution in [0, 0.1) is 25.7 Å². The minimum absolute atomic E-state index is 0.0566. The fourth-order valence-electron chi connectivity index (χ4n) is 3.01. The van der Waals surface area contributed by atoms with Gasteiger partial charge in [-0.15, -0.1) is 0 Å². The van der Waals surface area contributed by atoms with Gasteiger partial charge in [-0.05, 0) is 31.4 Å². The van der Waals surface area contributed by atoms with Gasteiger partial charge in [-0.3, -0.25) is 9.59 Å². The average Bonchev–Trinajstić information content (AvgIpc) is 2.85. The highest BCUT2D eigenvalue weighted by Crippen LogP contribution is 2.20. The van der Waals surface area contributed by atoms with Crippen molar-refractivity contribution in [2.24, 2.45) is 11.8 Å². The number of hydrogen-bond donors (Lipinski definition) is 1. The molecule has 1 saturated heterocycles. The number of benzene rings is 1. The van der Waals surface area contributed by atoms with Crippen molar-refractivity contribution < 1.29 is 14.3 Å². The van der Waals surface area contributed by atoms with Crippen molar-refractivity contribution in [3.05, 3.63) is 29.3 Å². The van der Waals surface area contributed by atoms with Gasteiger partial charge in [-0.25, -0.2) is 0 Å². The lowest BCUT2D eigenvalue weighted by atomic mass is 10.1. The van der Waals surface area contributed by atoms with Gasteiger partial charge in [0.2, 0.25) is 11.8 Å². The molecule has 1 aromatic carbocycles. The lowest BCUT2D eigenvalue weighted by Gasteiger charge is -2.18. The Morgan fingerprint density at radius 3 is 2.79 bits per heavy atom. The second-order valence-electron chi connectivity index (χ2n) is 7.00. The molecule has 0 radical (unpaired) electrons. The first-order valence-corrected chi connectivity index (χ1v) is 8.62. The van der Waals surface area contributed by atoms with E-state index in [-0.39, 0.29) is 17.7 Å². The van der Waals surface area contributed by atoms with E-state index in [0.29, 0.717) is 32.0 Å². The minimum atomic E-state index is -0.239. The number of nitrogens with zero attached hydrogens (tertiary/aromatic N) is 1. The number of aryl methyl sites for hydroxylation is 2. The van der Waals surface area contributed by atoms with E-state index in [4.69, 9.17) is 4.74 Å². The molecule has 0 spiro atoms. The number of nitrogens with one attached hydrogen (secondary N) is 1. The maximum Gasteiger partial charge on any atom is 0.225 e. The van der Waals surface area contributed by atoms with E-state index in [1.807, 2.05) is 26.0 Å². The Hall–Kier alpha value is -2.04. The number of amides is 2. The van der Waals surface area contributed by atoms with Crippen molar-refractivity contribution in [3.63, 3.8) is 0 Å². The lowest BCUT2D eigenvalue weighted by molar-refractivity contribution is -0.129. The van der Waals surface area contributed by atoms with Gasteiger partial charge < -0.3 is 15.0 Å². The van der Waals surface area contributed by atoms with E-state index in [1.54, 1.807) is 4.90 Å². The highest BCUT2D eigenvalue weighted by Gasteiger charge is 2.34. The summed E-state index contributed by atoms with van der Waals surface area (Å²) in [5, 5.41) is 2.88. The molecule has 1 heterocycles. The molecular formula is C19H28N2O3. The first kappa shape index (κ1) is 18.3. The normalized spacial score (nSPS) is 17.5. The van der Waals surface area contributed by atoms with E-state index < -0.39 is 0 Å². The first-order chi connectivity index (χ1) is 11.4. The molecule has 1 aliphatic heterocycles. The number of likely N-dealkylation sites (tertiary alicyclic amines) is 1. The zero-order chi connectivity index (χ0) is 17.7. The van der Waals surface area contributed by atoms with Gasteiger partial charge in [0.1, 0.15) is 12.4 Å². The summed E-state index contributed by atoms with van der Waals surface area (Å²) in [4.78, 5) is 25.9. The van der Waals surface area contributed by atoms with Gasteiger partial charge in [-0.1, -0.05) is 31.5 Å². The van der Waals surface area contributed by atoms with Crippen LogP contribution in [-0.4, -0.2) is 43.0 Å². The van der Waals surface area contributed by atoms with Gasteiger partial charge in [0.05, 0.1) is 12.5 Å². The van der Waals surface area contributed by atoms with E-state index in [9.17, 15) is 9.59 Å². The van der Waals surface area contributed by atoms with E-state index in [2.05, 4.69) is 25.2 Å². The Morgan fingerprint density at radius 2 is 2.12 bits per heavy atom. The molecule has 5 heteroatoms. The van der Waals surface area contributed by atoms with Crippen LogP contribution in [-0.2, 0) is 9.59 Å². The first-order valence-electron chi connectivity index (χ1n) is 8.62. The molecule has 1 fully saturated rings. The van der Waals surface area contributed by atoms with Crippen molar-refractivity contribution in [1.82, 2.24) is 10.2 Å². The quantitative estimate of drug-likeness (QED) is 0.780. The molecule has 1 aromatic rings. The van der Waals surface area contributed by atoms with Gasteiger partial charge >= 0.3 is 0 Å². The highest BCUT2D eigenvalue weighted by atomic mass is 16.5. The van der Waals surface area contributed by atoms with Gasteiger partial charge in [0.25, 0.3) is 0 Å². The molecule has 0 saturated carbocycles. The number of carbonyl (C=O) groups is 2. The Balaban J connectivity index is 1.73. The molecule has 0 bridgehead atoms. The maximum absolute atomic E-state index is 12.2. The zero-order valence-corrected chi connectivity index (χ0v) is 15.1. The summed E-state index contributed by atoms with van der Waals surface area (Å²) >= 11 is 0. The molecule has 132 valence electrons. The van der Waals surface area contributed by atoms with Crippen LogP contribution < -0.4 is 10.1 Å². The van der Waals surface area contributed by atoms with Crippen LogP contribution in [0.3, 0.4) is 0 Å². The maximum atomic E-state index is 12.2. The molecule has 2 rings (SSSR count). The van der Waals surface area contributed by atoms with Crippen LogP contribution >= 0.6 is 0 Å². The van der Waals surface area contributed by atoms with E-state index >= 15 is 0 Å². The van der Waals surface area contributed by atoms with Crippen molar-refractivity contribution in [2.75, 3.05) is 26.2 Å². The third kappa shape index (κ3) is 4.98. The van der Waals surface area contributed by atoms with E-state index in [0.717, 1.165) is 17.9 Å². The second-order valence-corrected chi connectivity index (χ2v) is 7.00. The predicted octanol–water partition coefficient (Wildman–Crippen LogP) is 2.30. The molecule has 0 aliphatic carbocycles. The minimum Gasteiger partial charge on any atom is -0.491 e. The van der Waals surface area contributed by atoms with Gasteiger partial charge in [0.15, 0.2) is 0 Å². The fraction of sp³-hybridized carbons (Fsp3) is 0.579. The van der Waals surface area contributed by atoms with Crippen molar-refractivity contribution in [1.29, 1.82) is 0 Å².